The molecule has 1 aliphatic rings. The summed E-state index contributed by atoms with van der Waals surface area (Å²) in [6.07, 6.45) is 2.90. The van der Waals surface area contributed by atoms with Gasteiger partial charge in [0.05, 0.1) is 32.4 Å². The number of pyridine rings is 1. The second-order valence-electron chi connectivity index (χ2n) is 6.76. The van der Waals surface area contributed by atoms with Crippen LogP contribution >= 0.6 is 0 Å². The highest BCUT2D eigenvalue weighted by Crippen LogP contribution is 2.32. The van der Waals surface area contributed by atoms with Gasteiger partial charge in [-0.2, -0.15) is 4.31 Å². The average molecular weight is 420 g/mol. The van der Waals surface area contributed by atoms with Gasteiger partial charge in [-0.1, -0.05) is 6.07 Å². The number of nitrogens with one attached hydrogen (secondary N) is 1. The molecule has 1 N–H and O–H groups in total. The van der Waals surface area contributed by atoms with Gasteiger partial charge in [0, 0.05) is 25.4 Å². The monoisotopic (exact) mass is 419 g/mol. The Balaban J connectivity index is 1.73. The molecule has 1 aromatic carbocycles. The molecule has 0 saturated carbocycles. The summed E-state index contributed by atoms with van der Waals surface area (Å²) in [7, 11) is -0.940. The number of rotatable bonds is 7. The first-order valence-corrected chi connectivity index (χ1v) is 10.8. The Morgan fingerprint density at radius 1 is 1.24 bits per heavy atom. The van der Waals surface area contributed by atoms with Gasteiger partial charge in [0.1, 0.15) is 16.4 Å². The molecule has 2 aromatic rings. The molecule has 156 valence electrons. The molecule has 0 unspecified atom stereocenters. The van der Waals surface area contributed by atoms with Crippen molar-refractivity contribution in [3.8, 4) is 11.5 Å². The second-order valence-corrected chi connectivity index (χ2v) is 8.66. The van der Waals surface area contributed by atoms with E-state index in [4.69, 9.17) is 9.47 Å². The van der Waals surface area contributed by atoms with Gasteiger partial charge in [0.15, 0.2) is 0 Å². The number of ether oxygens (including phenoxy) is 2. The molecule has 8 nitrogen and oxygen atoms in total. The van der Waals surface area contributed by atoms with Crippen LogP contribution in [0.3, 0.4) is 0 Å². The van der Waals surface area contributed by atoms with Gasteiger partial charge in [-0.3, -0.25) is 9.78 Å². The van der Waals surface area contributed by atoms with Gasteiger partial charge in [0.2, 0.25) is 15.9 Å². The number of carbonyl (C=O) groups excluding carboxylic acids is 1. The van der Waals surface area contributed by atoms with Crippen LogP contribution in [-0.2, 0) is 21.4 Å². The highest BCUT2D eigenvalue weighted by Gasteiger charge is 2.35. The lowest BCUT2D eigenvalue weighted by Crippen LogP contribution is -2.45. The third-order valence-corrected chi connectivity index (χ3v) is 6.80. The molecule has 1 atom stereocenters. The van der Waals surface area contributed by atoms with Crippen LogP contribution in [-0.4, -0.2) is 50.9 Å². The quantitative estimate of drug-likeness (QED) is 0.735. The molecule has 29 heavy (non-hydrogen) atoms. The summed E-state index contributed by atoms with van der Waals surface area (Å²) < 4.78 is 38.2. The van der Waals surface area contributed by atoms with Crippen molar-refractivity contribution in [2.45, 2.75) is 24.3 Å². The zero-order chi connectivity index (χ0) is 20.9. The molecule has 1 saturated heterocycles. The number of sulfonamides is 1. The van der Waals surface area contributed by atoms with Crippen LogP contribution in [0, 0.1) is 5.92 Å². The van der Waals surface area contributed by atoms with Gasteiger partial charge in [-0.05, 0) is 37.1 Å². The molecule has 1 fully saturated rings. The first-order chi connectivity index (χ1) is 14.0. The number of nitrogens with zero attached hydrogens (tertiary/aromatic N) is 2. The van der Waals surface area contributed by atoms with E-state index in [0.29, 0.717) is 31.7 Å². The van der Waals surface area contributed by atoms with E-state index in [-0.39, 0.29) is 23.1 Å². The molecule has 0 radical (unpaired) electrons. The zero-order valence-electron chi connectivity index (χ0n) is 16.5. The van der Waals surface area contributed by atoms with Crippen LogP contribution in [0.1, 0.15) is 18.5 Å². The molecule has 9 heteroatoms. The Morgan fingerprint density at radius 2 is 2.07 bits per heavy atom. The van der Waals surface area contributed by atoms with E-state index in [1.54, 1.807) is 18.3 Å². The summed E-state index contributed by atoms with van der Waals surface area (Å²) in [5.74, 6) is 0.0746. The summed E-state index contributed by atoms with van der Waals surface area (Å²) in [6.45, 7) is 0.788. The van der Waals surface area contributed by atoms with Gasteiger partial charge in [0.25, 0.3) is 0 Å². The Hall–Kier alpha value is -2.65. The molecule has 0 aliphatic carbocycles. The van der Waals surface area contributed by atoms with Crippen molar-refractivity contribution in [3.63, 3.8) is 0 Å². The van der Waals surface area contributed by atoms with Crippen molar-refractivity contribution in [2.75, 3.05) is 27.3 Å². The number of methoxy groups -OCH3 is 2. The van der Waals surface area contributed by atoms with E-state index < -0.39 is 15.9 Å². The van der Waals surface area contributed by atoms with Crippen molar-refractivity contribution in [2.24, 2.45) is 5.92 Å². The number of aromatic nitrogens is 1. The van der Waals surface area contributed by atoms with Gasteiger partial charge in [-0.15, -0.1) is 0 Å². The fourth-order valence-electron chi connectivity index (χ4n) is 3.32. The van der Waals surface area contributed by atoms with E-state index in [1.807, 2.05) is 18.2 Å². The lowest BCUT2D eigenvalue weighted by molar-refractivity contribution is -0.126. The number of amides is 1. The topological polar surface area (TPSA) is 97.8 Å². The predicted octanol–water partition coefficient (Wildman–Crippen LogP) is 1.82. The summed E-state index contributed by atoms with van der Waals surface area (Å²) >= 11 is 0. The van der Waals surface area contributed by atoms with Crippen LogP contribution in [0.2, 0.25) is 0 Å². The largest absolute Gasteiger partial charge is 0.497 e. The molecule has 1 aliphatic heterocycles. The van der Waals surface area contributed by atoms with E-state index in [1.165, 1.54) is 24.6 Å². The Bertz CT molecular complexity index is 950. The second kappa shape index (κ2) is 9.23. The van der Waals surface area contributed by atoms with Crippen LogP contribution in [0.4, 0.5) is 0 Å². The minimum Gasteiger partial charge on any atom is -0.497 e. The van der Waals surface area contributed by atoms with E-state index in [0.717, 1.165) is 5.69 Å². The van der Waals surface area contributed by atoms with Crippen LogP contribution in [0.25, 0.3) is 0 Å². The van der Waals surface area contributed by atoms with Crippen LogP contribution < -0.4 is 14.8 Å². The number of hydrogen-bond donors (Lipinski definition) is 1. The molecular formula is C20H25N3O5S. The maximum atomic E-state index is 13.2. The number of piperidine rings is 1. The van der Waals surface area contributed by atoms with E-state index in [9.17, 15) is 13.2 Å². The summed E-state index contributed by atoms with van der Waals surface area (Å²) in [4.78, 5) is 16.8. The maximum Gasteiger partial charge on any atom is 0.246 e. The van der Waals surface area contributed by atoms with Crippen molar-refractivity contribution in [3.05, 3.63) is 48.3 Å². The first kappa shape index (κ1) is 21.1. The molecular weight excluding hydrogens is 394 g/mol. The Morgan fingerprint density at radius 3 is 2.76 bits per heavy atom. The predicted molar refractivity (Wildman–Crippen MR) is 107 cm³/mol. The van der Waals surface area contributed by atoms with Crippen LogP contribution in [0.15, 0.2) is 47.5 Å². The summed E-state index contributed by atoms with van der Waals surface area (Å²) in [6, 6.07) is 10.1. The third kappa shape index (κ3) is 4.86. The highest BCUT2D eigenvalue weighted by atomic mass is 32.2. The maximum absolute atomic E-state index is 13.2. The average Bonchev–Trinajstić information content (AvgIpc) is 2.77. The van der Waals surface area contributed by atoms with Gasteiger partial charge < -0.3 is 14.8 Å². The van der Waals surface area contributed by atoms with E-state index in [2.05, 4.69) is 10.3 Å². The molecule has 0 spiro atoms. The Labute approximate surface area is 170 Å². The third-order valence-electron chi connectivity index (χ3n) is 4.91. The van der Waals surface area contributed by atoms with E-state index >= 15 is 0 Å². The minimum atomic E-state index is -3.83. The molecule has 1 amide bonds. The fourth-order valence-corrected chi connectivity index (χ4v) is 5.02. The smallest absolute Gasteiger partial charge is 0.246 e. The van der Waals surface area contributed by atoms with Crippen molar-refractivity contribution >= 4 is 15.9 Å². The lowest BCUT2D eigenvalue weighted by Gasteiger charge is -2.31. The van der Waals surface area contributed by atoms with Crippen molar-refractivity contribution in [1.29, 1.82) is 0 Å². The zero-order valence-corrected chi connectivity index (χ0v) is 17.3. The lowest BCUT2D eigenvalue weighted by atomic mass is 9.99. The van der Waals surface area contributed by atoms with Crippen molar-refractivity contribution < 1.29 is 22.7 Å². The highest BCUT2D eigenvalue weighted by molar-refractivity contribution is 7.89. The van der Waals surface area contributed by atoms with Gasteiger partial charge >= 0.3 is 0 Å². The summed E-state index contributed by atoms with van der Waals surface area (Å²) in [5, 5.41) is 2.85. The number of carbonyl (C=O) groups is 1. The molecule has 0 bridgehead atoms. The number of benzene rings is 1. The standard InChI is InChI=1S/C20H25N3O5S/c1-27-17-8-9-18(28-2)19(12-17)29(25,26)23-11-5-6-15(14-23)20(24)22-13-16-7-3-4-10-21-16/h3-4,7-10,12,15H,5-6,11,13-14H2,1-2H3,(H,22,24)/t15-/m1/s1. The molecule has 2 heterocycles. The van der Waals surface area contributed by atoms with Crippen molar-refractivity contribution in [1.82, 2.24) is 14.6 Å². The first-order valence-electron chi connectivity index (χ1n) is 9.35. The molecule has 1 aromatic heterocycles. The SMILES string of the molecule is COc1ccc(OC)c(S(=O)(=O)N2CCC[C@@H](C(=O)NCc3ccccn3)C2)c1. The number of hydrogen-bond acceptors (Lipinski definition) is 6. The van der Waals surface area contributed by atoms with Gasteiger partial charge in [-0.25, -0.2) is 8.42 Å². The molecule has 3 rings (SSSR count). The minimum absolute atomic E-state index is 0.0360. The fraction of sp³-hybridized carbons (Fsp3) is 0.400. The Kier molecular flexibility index (Phi) is 6.71. The van der Waals surface area contributed by atoms with Crippen LogP contribution in [0.5, 0.6) is 11.5 Å². The normalized spacial score (nSPS) is 17.5. The summed E-state index contributed by atoms with van der Waals surface area (Å²) in [5.41, 5.74) is 0.752.